The molecule has 0 aliphatic heterocycles. The summed E-state index contributed by atoms with van der Waals surface area (Å²) >= 11 is 0. The number of carbonyl (C=O) groups excluding carboxylic acids is 1. The van der Waals surface area contributed by atoms with Gasteiger partial charge in [-0.05, 0) is 37.1 Å². The van der Waals surface area contributed by atoms with Gasteiger partial charge in [-0.1, -0.05) is 33.6 Å². The summed E-state index contributed by atoms with van der Waals surface area (Å²) in [5.41, 5.74) is 5.67. The Labute approximate surface area is 127 Å². The van der Waals surface area contributed by atoms with E-state index in [1.54, 1.807) is 0 Å². The number of carboxylic acid groups (broad SMARTS) is 1. The molecule has 3 atom stereocenters. The van der Waals surface area contributed by atoms with E-state index in [1.165, 1.54) is 0 Å². The molecule has 1 aliphatic carbocycles. The Morgan fingerprint density at radius 2 is 1.90 bits per heavy atom. The van der Waals surface area contributed by atoms with Gasteiger partial charge in [-0.2, -0.15) is 0 Å². The van der Waals surface area contributed by atoms with Crippen molar-refractivity contribution in [1.29, 1.82) is 0 Å². The molecule has 1 rings (SSSR count). The van der Waals surface area contributed by atoms with Gasteiger partial charge < -0.3 is 16.2 Å². The van der Waals surface area contributed by atoms with E-state index in [-0.39, 0.29) is 29.7 Å². The Morgan fingerprint density at radius 1 is 1.29 bits per heavy atom. The molecule has 0 saturated heterocycles. The fourth-order valence-corrected chi connectivity index (χ4v) is 3.18. The summed E-state index contributed by atoms with van der Waals surface area (Å²) in [5.74, 6) is -1.21. The predicted octanol–water partition coefficient (Wildman–Crippen LogP) is 2.00. The van der Waals surface area contributed by atoms with Gasteiger partial charge in [-0.25, -0.2) is 0 Å². The lowest BCUT2D eigenvalue weighted by Gasteiger charge is -2.30. The Morgan fingerprint density at radius 3 is 2.43 bits per heavy atom. The molecule has 1 amide bonds. The molecule has 0 aromatic rings. The van der Waals surface area contributed by atoms with Gasteiger partial charge in [-0.3, -0.25) is 9.59 Å². The highest BCUT2D eigenvalue weighted by atomic mass is 16.4. The van der Waals surface area contributed by atoms with Gasteiger partial charge in [0.25, 0.3) is 0 Å². The van der Waals surface area contributed by atoms with Crippen LogP contribution in [0.1, 0.15) is 52.9 Å². The molecule has 0 heterocycles. The molecule has 1 aliphatic rings. The molecule has 4 N–H and O–H groups in total. The van der Waals surface area contributed by atoms with Crippen LogP contribution in [-0.2, 0) is 9.59 Å². The zero-order valence-corrected chi connectivity index (χ0v) is 13.5. The lowest BCUT2D eigenvalue weighted by atomic mass is 9.78. The molecule has 5 heteroatoms. The summed E-state index contributed by atoms with van der Waals surface area (Å²) in [6.45, 7) is 6.77. The molecule has 0 bridgehead atoms. The summed E-state index contributed by atoms with van der Waals surface area (Å²) < 4.78 is 0. The van der Waals surface area contributed by atoms with E-state index in [2.05, 4.69) is 5.32 Å². The van der Waals surface area contributed by atoms with Crippen LogP contribution in [0.5, 0.6) is 0 Å². The normalized spacial score (nSPS) is 24.4. The van der Waals surface area contributed by atoms with Crippen molar-refractivity contribution in [3.63, 3.8) is 0 Å². The van der Waals surface area contributed by atoms with E-state index in [1.807, 2.05) is 20.8 Å². The second-order valence-electron chi connectivity index (χ2n) is 7.43. The number of carboxylic acids is 1. The van der Waals surface area contributed by atoms with Gasteiger partial charge in [0.05, 0.1) is 5.92 Å². The average Bonchev–Trinajstić information content (AvgIpc) is 2.41. The third kappa shape index (κ3) is 6.04. The SMILES string of the molecule is CC(C)(C)CC(CNC(=O)C1CCCCC1CN)C(=O)O. The highest BCUT2D eigenvalue weighted by molar-refractivity contribution is 5.80. The standard InChI is InChI=1S/C16H30N2O3/c1-16(2,3)8-12(15(20)21)10-18-14(19)13-7-5-4-6-11(13)9-17/h11-13H,4-10,17H2,1-3H3,(H,18,19)(H,20,21). The lowest BCUT2D eigenvalue weighted by Crippen LogP contribution is -2.42. The van der Waals surface area contributed by atoms with Crippen LogP contribution in [0, 0.1) is 23.2 Å². The van der Waals surface area contributed by atoms with Crippen LogP contribution in [-0.4, -0.2) is 30.1 Å². The fourth-order valence-electron chi connectivity index (χ4n) is 3.18. The summed E-state index contributed by atoms with van der Waals surface area (Å²) in [6.07, 6.45) is 4.60. The highest BCUT2D eigenvalue weighted by Crippen LogP contribution is 2.29. The number of nitrogens with two attached hydrogens (primary N) is 1. The van der Waals surface area contributed by atoms with E-state index < -0.39 is 11.9 Å². The second kappa shape index (κ2) is 7.78. The number of nitrogens with one attached hydrogen (secondary N) is 1. The fraction of sp³-hybridized carbons (Fsp3) is 0.875. The van der Waals surface area contributed by atoms with E-state index >= 15 is 0 Å². The Bertz CT molecular complexity index is 363. The minimum absolute atomic E-state index is 0.0229. The number of aliphatic carboxylic acids is 1. The van der Waals surface area contributed by atoms with Gasteiger partial charge in [0, 0.05) is 12.5 Å². The maximum Gasteiger partial charge on any atom is 0.308 e. The van der Waals surface area contributed by atoms with Crippen molar-refractivity contribution in [1.82, 2.24) is 5.32 Å². The minimum atomic E-state index is -0.843. The largest absolute Gasteiger partial charge is 0.481 e. The molecule has 5 nitrogen and oxygen atoms in total. The van der Waals surface area contributed by atoms with Crippen LogP contribution in [0.15, 0.2) is 0 Å². The van der Waals surface area contributed by atoms with Crippen molar-refractivity contribution >= 4 is 11.9 Å². The number of hydrogen-bond acceptors (Lipinski definition) is 3. The highest BCUT2D eigenvalue weighted by Gasteiger charge is 2.31. The number of amides is 1. The molecule has 122 valence electrons. The summed E-state index contributed by atoms with van der Waals surface area (Å²) in [6, 6.07) is 0. The van der Waals surface area contributed by atoms with Crippen molar-refractivity contribution in [2.75, 3.05) is 13.1 Å². The topological polar surface area (TPSA) is 92.4 Å². The molecule has 21 heavy (non-hydrogen) atoms. The third-order valence-electron chi connectivity index (χ3n) is 4.28. The van der Waals surface area contributed by atoms with Gasteiger partial charge in [0.2, 0.25) is 5.91 Å². The first-order valence-corrected chi connectivity index (χ1v) is 7.95. The molecule has 0 aromatic carbocycles. The van der Waals surface area contributed by atoms with Crippen LogP contribution in [0.2, 0.25) is 0 Å². The first kappa shape index (κ1) is 18.0. The third-order valence-corrected chi connectivity index (χ3v) is 4.28. The van der Waals surface area contributed by atoms with E-state index in [9.17, 15) is 14.7 Å². The number of hydrogen-bond donors (Lipinski definition) is 3. The molecule has 1 fully saturated rings. The molecule has 0 radical (unpaired) electrons. The number of carbonyl (C=O) groups is 2. The van der Waals surface area contributed by atoms with Crippen LogP contribution in [0.4, 0.5) is 0 Å². The monoisotopic (exact) mass is 298 g/mol. The van der Waals surface area contributed by atoms with Crippen molar-refractivity contribution in [3.05, 3.63) is 0 Å². The second-order valence-corrected chi connectivity index (χ2v) is 7.43. The van der Waals surface area contributed by atoms with Crippen molar-refractivity contribution in [2.45, 2.75) is 52.9 Å². The maximum absolute atomic E-state index is 12.3. The first-order chi connectivity index (χ1) is 9.74. The zero-order valence-electron chi connectivity index (χ0n) is 13.5. The van der Waals surface area contributed by atoms with Gasteiger partial charge in [-0.15, -0.1) is 0 Å². The predicted molar refractivity (Wildman–Crippen MR) is 82.7 cm³/mol. The molecule has 1 saturated carbocycles. The summed E-state index contributed by atoms with van der Waals surface area (Å²) in [4.78, 5) is 23.6. The Balaban J connectivity index is 2.54. The van der Waals surface area contributed by atoms with Crippen LogP contribution >= 0.6 is 0 Å². The quantitative estimate of drug-likeness (QED) is 0.699. The molecule has 0 aromatic heterocycles. The van der Waals surface area contributed by atoms with E-state index in [0.29, 0.717) is 13.0 Å². The van der Waals surface area contributed by atoms with Gasteiger partial charge in [0.15, 0.2) is 0 Å². The van der Waals surface area contributed by atoms with Crippen LogP contribution < -0.4 is 11.1 Å². The molecular formula is C16H30N2O3. The van der Waals surface area contributed by atoms with Crippen LogP contribution in [0.3, 0.4) is 0 Å². The Kier molecular flexibility index (Phi) is 6.65. The van der Waals surface area contributed by atoms with Gasteiger partial charge >= 0.3 is 5.97 Å². The average molecular weight is 298 g/mol. The van der Waals surface area contributed by atoms with Gasteiger partial charge in [0.1, 0.15) is 0 Å². The van der Waals surface area contributed by atoms with E-state index in [0.717, 1.165) is 25.7 Å². The summed E-state index contributed by atoms with van der Waals surface area (Å²) in [5, 5.41) is 12.1. The van der Waals surface area contributed by atoms with E-state index in [4.69, 9.17) is 5.73 Å². The smallest absolute Gasteiger partial charge is 0.308 e. The van der Waals surface area contributed by atoms with Crippen molar-refractivity contribution < 1.29 is 14.7 Å². The molecule has 0 spiro atoms. The molecule has 3 unspecified atom stereocenters. The lowest BCUT2D eigenvalue weighted by molar-refractivity contribution is -0.142. The van der Waals surface area contributed by atoms with Crippen molar-refractivity contribution in [3.8, 4) is 0 Å². The first-order valence-electron chi connectivity index (χ1n) is 7.95. The minimum Gasteiger partial charge on any atom is -0.481 e. The van der Waals surface area contributed by atoms with Crippen LogP contribution in [0.25, 0.3) is 0 Å². The molecular weight excluding hydrogens is 268 g/mol. The summed E-state index contributed by atoms with van der Waals surface area (Å²) in [7, 11) is 0. The van der Waals surface area contributed by atoms with Crippen molar-refractivity contribution in [2.24, 2.45) is 28.9 Å². The number of rotatable bonds is 6. The Hall–Kier alpha value is -1.10. The maximum atomic E-state index is 12.3. The zero-order chi connectivity index (χ0) is 16.0.